The van der Waals surface area contributed by atoms with Crippen LogP contribution in [0.3, 0.4) is 0 Å². The van der Waals surface area contributed by atoms with Crippen molar-refractivity contribution < 1.29 is 9.47 Å². The summed E-state index contributed by atoms with van der Waals surface area (Å²) in [6.45, 7) is 2.48. The molecular weight excluding hydrogens is 436 g/mol. The van der Waals surface area contributed by atoms with Crippen LogP contribution in [0.25, 0.3) is 22.4 Å². The number of fused-ring (bicyclic) bond motifs is 3. The molecule has 3 aromatic carbocycles. The van der Waals surface area contributed by atoms with Crippen LogP contribution in [0.15, 0.2) is 82.7 Å². The zero-order chi connectivity index (χ0) is 22.8. The Morgan fingerprint density at radius 1 is 0.909 bits per heavy atom. The van der Waals surface area contributed by atoms with Crippen molar-refractivity contribution in [2.45, 2.75) is 12.1 Å². The van der Waals surface area contributed by atoms with Gasteiger partial charge in [0.25, 0.3) is 5.56 Å². The lowest BCUT2D eigenvalue weighted by Crippen LogP contribution is -2.22. The standard InChI is InChI=1S/C25H22N4O3S/c1-17-7-3-5-9-21(17)28-23(30)20-8-4-6-10-22(20)29-24(28)26-27-25(29)33-16-15-32-19-13-11-18(31-2)12-14-19/h3-14H,15-16H2,1-2H3. The van der Waals surface area contributed by atoms with Gasteiger partial charge in [0, 0.05) is 5.75 Å². The van der Waals surface area contributed by atoms with Crippen LogP contribution in [0, 0.1) is 6.92 Å². The van der Waals surface area contributed by atoms with E-state index in [-0.39, 0.29) is 5.56 Å². The Bertz CT molecular complexity index is 1490. The Labute approximate surface area is 194 Å². The molecule has 0 unspecified atom stereocenters. The van der Waals surface area contributed by atoms with Crippen molar-refractivity contribution in [3.63, 3.8) is 0 Å². The second kappa shape index (κ2) is 8.99. The summed E-state index contributed by atoms with van der Waals surface area (Å²) in [5, 5.41) is 10.1. The number of hydrogen-bond donors (Lipinski definition) is 0. The highest BCUT2D eigenvalue weighted by molar-refractivity contribution is 7.99. The van der Waals surface area contributed by atoms with Gasteiger partial charge in [-0.25, -0.2) is 4.57 Å². The fraction of sp³-hybridized carbons (Fsp3) is 0.160. The third-order valence-corrected chi connectivity index (χ3v) is 6.29. The van der Waals surface area contributed by atoms with E-state index in [0.29, 0.717) is 28.7 Å². The van der Waals surface area contributed by atoms with E-state index in [2.05, 4.69) is 10.2 Å². The van der Waals surface area contributed by atoms with E-state index in [1.54, 1.807) is 11.7 Å². The van der Waals surface area contributed by atoms with E-state index in [4.69, 9.17) is 9.47 Å². The molecule has 0 amide bonds. The second-order valence-electron chi connectivity index (χ2n) is 7.43. The molecule has 0 radical (unpaired) electrons. The van der Waals surface area contributed by atoms with Crippen LogP contribution in [-0.2, 0) is 0 Å². The molecule has 33 heavy (non-hydrogen) atoms. The van der Waals surface area contributed by atoms with Crippen LogP contribution in [-0.4, -0.2) is 38.6 Å². The van der Waals surface area contributed by atoms with Crippen LogP contribution in [0.4, 0.5) is 0 Å². The van der Waals surface area contributed by atoms with Gasteiger partial charge in [0.2, 0.25) is 5.78 Å². The van der Waals surface area contributed by atoms with Gasteiger partial charge in [-0.15, -0.1) is 10.2 Å². The molecule has 5 aromatic rings. The van der Waals surface area contributed by atoms with Crippen LogP contribution >= 0.6 is 11.8 Å². The maximum Gasteiger partial charge on any atom is 0.267 e. The maximum absolute atomic E-state index is 13.4. The van der Waals surface area contributed by atoms with Gasteiger partial charge in [-0.3, -0.25) is 9.20 Å². The lowest BCUT2D eigenvalue weighted by molar-refractivity contribution is 0.342. The van der Waals surface area contributed by atoms with Crippen molar-refractivity contribution in [3.8, 4) is 17.2 Å². The predicted molar refractivity (Wildman–Crippen MR) is 130 cm³/mol. The summed E-state index contributed by atoms with van der Waals surface area (Å²) in [5.41, 5.74) is 2.46. The molecular formula is C25H22N4O3S. The van der Waals surface area contributed by atoms with Gasteiger partial charge in [-0.2, -0.15) is 0 Å². The van der Waals surface area contributed by atoms with Gasteiger partial charge < -0.3 is 9.47 Å². The van der Waals surface area contributed by atoms with Crippen molar-refractivity contribution >= 4 is 28.4 Å². The van der Waals surface area contributed by atoms with Crippen molar-refractivity contribution in [2.75, 3.05) is 19.5 Å². The number of benzene rings is 3. The largest absolute Gasteiger partial charge is 0.497 e. The molecule has 2 heterocycles. The molecule has 0 atom stereocenters. The predicted octanol–water partition coefficient (Wildman–Crippen LogP) is 4.52. The molecule has 0 aliphatic rings. The minimum absolute atomic E-state index is 0.112. The zero-order valence-corrected chi connectivity index (χ0v) is 19.1. The summed E-state index contributed by atoms with van der Waals surface area (Å²) in [4.78, 5) is 13.4. The topological polar surface area (TPSA) is 70.7 Å². The first-order valence-corrected chi connectivity index (χ1v) is 11.5. The molecule has 0 aliphatic heterocycles. The number of rotatable bonds is 7. The fourth-order valence-electron chi connectivity index (χ4n) is 3.77. The van der Waals surface area contributed by atoms with E-state index in [1.807, 2.05) is 84.1 Å². The van der Waals surface area contributed by atoms with Crippen LogP contribution < -0.4 is 15.0 Å². The second-order valence-corrected chi connectivity index (χ2v) is 8.50. The third kappa shape index (κ3) is 3.93. The van der Waals surface area contributed by atoms with Gasteiger partial charge in [-0.1, -0.05) is 42.1 Å². The Morgan fingerprint density at radius 3 is 2.42 bits per heavy atom. The van der Waals surface area contributed by atoms with E-state index < -0.39 is 0 Å². The van der Waals surface area contributed by atoms with Crippen molar-refractivity contribution in [1.29, 1.82) is 0 Å². The molecule has 2 aromatic heterocycles. The smallest absolute Gasteiger partial charge is 0.267 e. The summed E-state index contributed by atoms with van der Waals surface area (Å²) < 4.78 is 14.6. The fourth-order valence-corrected chi connectivity index (χ4v) is 4.52. The normalized spacial score (nSPS) is 11.2. The number of hydrogen-bond acceptors (Lipinski definition) is 6. The molecule has 0 saturated heterocycles. The maximum atomic E-state index is 13.4. The Morgan fingerprint density at radius 2 is 1.64 bits per heavy atom. The summed E-state index contributed by atoms with van der Waals surface area (Å²) >= 11 is 1.54. The average molecular weight is 459 g/mol. The van der Waals surface area contributed by atoms with E-state index >= 15 is 0 Å². The number of thioether (sulfide) groups is 1. The van der Waals surface area contributed by atoms with Gasteiger partial charge in [-0.05, 0) is 55.0 Å². The van der Waals surface area contributed by atoms with E-state index in [0.717, 1.165) is 28.3 Å². The van der Waals surface area contributed by atoms with Crippen molar-refractivity contribution in [1.82, 2.24) is 19.2 Å². The van der Waals surface area contributed by atoms with Crippen LogP contribution in [0.5, 0.6) is 11.5 Å². The minimum atomic E-state index is -0.112. The van der Waals surface area contributed by atoms with Crippen molar-refractivity contribution in [3.05, 3.63) is 88.7 Å². The highest BCUT2D eigenvalue weighted by Gasteiger charge is 2.18. The highest BCUT2D eigenvalue weighted by atomic mass is 32.2. The van der Waals surface area contributed by atoms with Crippen molar-refractivity contribution in [2.24, 2.45) is 0 Å². The summed E-state index contributed by atoms with van der Waals surface area (Å²) in [5.74, 6) is 2.73. The quantitative estimate of drug-likeness (QED) is 0.264. The van der Waals surface area contributed by atoms with E-state index in [9.17, 15) is 4.79 Å². The summed E-state index contributed by atoms with van der Waals surface area (Å²) in [7, 11) is 1.64. The van der Waals surface area contributed by atoms with Gasteiger partial charge in [0.15, 0.2) is 5.16 Å². The molecule has 166 valence electrons. The van der Waals surface area contributed by atoms with E-state index in [1.165, 1.54) is 11.8 Å². The monoisotopic (exact) mass is 458 g/mol. The average Bonchev–Trinajstić information content (AvgIpc) is 3.27. The van der Waals surface area contributed by atoms with Crippen LogP contribution in [0.2, 0.25) is 0 Å². The third-order valence-electron chi connectivity index (χ3n) is 5.39. The Hall–Kier alpha value is -3.78. The summed E-state index contributed by atoms with van der Waals surface area (Å²) in [6, 6.07) is 22.8. The Balaban J connectivity index is 1.49. The molecule has 0 N–H and O–H groups in total. The highest BCUT2D eigenvalue weighted by Crippen LogP contribution is 2.24. The molecule has 8 heteroatoms. The number of aryl methyl sites for hydroxylation is 1. The molecule has 0 spiro atoms. The molecule has 0 saturated carbocycles. The number of nitrogens with zero attached hydrogens (tertiary/aromatic N) is 4. The SMILES string of the molecule is COc1ccc(OCCSc2nnc3n(-c4ccccc4C)c(=O)c4ccccc4n23)cc1. The Kier molecular flexibility index (Phi) is 5.75. The number of para-hydroxylation sites is 2. The molecule has 0 bridgehead atoms. The molecule has 5 rings (SSSR count). The number of aromatic nitrogens is 4. The molecule has 0 aliphatic carbocycles. The van der Waals surface area contributed by atoms with Gasteiger partial charge in [0.05, 0.1) is 30.3 Å². The van der Waals surface area contributed by atoms with Gasteiger partial charge >= 0.3 is 0 Å². The number of ether oxygens (including phenoxy) is 2. The lowest BCUT2D eigenvalue weighted by atomic mass is 10.2. The molecule has 7 nitrogen and oxygen atoms in total. The number of methoxy groups -OCH3 is 1. The summed E-state index contributed by atoms with van der Waals surface area (Å²) in [6.07, 6.45) is 0. The first-order chi connectivity index (χ1) is 16.2. The zero-order valence-electron chi connectivity index (χ0n) is 18.3. The minimum Gasteiger partial charge on any atom is -0.497 e. The first kappa shape index (κ1) is 21.1. The molecule has 0 fully saturated rings. The van der Waals surface area contributed by atoms with Gasteiger partial charge in [0.1, 0.15) is 11.5 Å². The van der Waals surface area contributed by atoms with Crippen LogP contribution in [0.1, 0.15) is 5.56 Å². The lowest BCUT2D eigenvalue weighted by Gasteiger charge is -2.13. The first-order valence-electron chi connectivity index (χ1n) is 10.5.